The number of carbonyl (C=O) groups is 2. The molecule has 0 aromatic heterocycles. The van der Waals surface area contributed by atoms with E-state index in [1.165, 1.54) is 4.90 Å². The quantitative estimate of drug-likeness (QED) is 0.740. The van der Waals surface area contributed by atoms with Crippen molar-refractivity contribution in [1.82, 2.24) is 9.91 Å². The Bertz CT molecular complexity index is 443. The topological polar surface area (TPSA) is 85.6 Å². The summed E-state index contributed by atoms with van der Waals surface area (Å²) in [6.45, 7) is 3.79. The van der Waals surface area contributed by atoms with E-state index < -0.39 is 16.8 Å². The van der Waals surface area contributed by atoms with Crippen LogP contribution in [0.25, 0.3) is 0 Å². The number of thioether (sulfide) groups is 1. The van der Waals surface area contributed by atoms with Gasteiger partial charge in [-0.3, -0.25) is 9.80 Å². The Morgan fingerprint density at radius 1 is 1.67 bits per heavy atom. The molecule has 2 fully saturated rings. The van der Waals surface area contributed by atoms with Gasteiger partial charge in [0.05, 0.1) is 36.2 Å². The third-order valence-corrected chi connectivity index (χ3v) is 5.14. The van der Waals surface area contributed by atoms with Crippen LogP contribution in [0.5, 0.6) is 0 Å². The minimum atomic E-state index is -0.934. The zero-order chi connectivity index (χ0) is 12.9. The van der Waals surface area contributed by atoms with E-state index in [0.29, 0.717) is 19.5 Å². The summed E-state index contributed by atoms with van der Waals surface area (Å²) in [4.78, 5) is 24.5. The summed E-state index contributed by atoms with van der Waals surface area (Å²) in [7, 11) is 0. The highest BCUT2D eigenvalue weighted by Gasteiger charge is 2.61. The lowest BCUT2D eigenvalue weighted by atomic mass is 9.96. The lowest BCUT2D eigenvalue weighted by molar-refractivity contribution is -0.157. The van der Waals surface area contributed by atoms with E-state index >= 15 is 0 Å². The fraction of sp³-hybridized carbons (Fsp3) is 0.800. The molecule has 0 aromatic rings. The minimum absolute atomic E-state index is 0.0168. The lowest BCUT2D eigenvalue weighted by Gasteiger charge is -2.37. The van der Waals surface area contributed by atoms with Gasteiger partial charge in [-0.15, -0.1) is 11.8 Å². The second-order valence-electron chi connectivity index (χ2n) is 4.97. The Labute approximate surface area is 108 Å². The van der Waals surface area contributed by atoms with Crippen LogP contribution in [0.4, 0.5) is 0 Å². The standard InChI is InChI=1S/C10H14N4O3S/c1-10(5-13-3-2-11-12-13)8(9(16)17)14-6(15)4-7(14)18-10/h7-8H,2-5H2,1H3,(H,16,17). The van der Waals surface area contributed by atoms with E-state index in [1.807, 2.05) is 6.92 Å². The maximum absolute atomic E-state index is 11.5. The maximum atomic E-state index is 11.5. The highest BCUT2D eigenvalue weighted by molar-refractivity contribution is 8.01. The monoisotopic (exact) mass is 270 g/mol. The van der Waals surface area contributed by atoms with Gasteiger partial charge in [-0.2, -0.15) is 5.11 Å². The Hall–Kier alpha value is -1.31. The van der Waals surface area contributed by atoms with Gasteiger partial charge in [0.25, 0.3) is 0 Å². The highest BCUT2D eigenvalue weighted by atomic mass is 32.2. The zero-order valence-corrected chi connectivity index (χ0v) is 10.8. The smallest absolute Gasteiger partial charge is 0.327 e. The van der Waals surface area contributed by atoms with Crippen LogP contribution in [0, 0.1) is 0 Å². The predicted octanol–water partition coefficient (Wildman–Crippen LogP) is 0.186. The Morgan fingerprint density at radius 3 is 3.00 bits per heavy atom. The first-order valence-corrected chi connectivity index (χ1v) is 6.73. The van der Waals surface area contributed by atoms with Crippen LogP contribution in [-0.4, -0.2) is 62.7 Å². The van der Waals surface area contributed by atoms with Crippen molar-refractivity contribution < 1.29 is 14.7 Å². The van der Waals surface area contributed by atoms with Crippen LogP contribution in [0.3, 0.4) is 0 Å². The van der Waals surface area contributed by atoms with Crippen LogP contribution in [0.1, 0.15) is 13.3 Å². The number of carboxylic acid groups (broad SMARTS) is 1. The van der Waals surface area contributed by atoms with Crippen LogP contribution in [-0.2, 0) is 9.59 Å². The molecular weight excluding hydrogens is 256 g/mol. The van der Waals surface area contributed by atoms with E-state index in [2.05, 4.69) is 10.3 Å². The van der Waals surface area contributed by atoms with Gasteiger partial charge in [-0.05, 0) is 6.92 Å². The first-order chi connectivity index (χ1) is 8.51. The normalized spacial score (nSPS) is 37.9. The first kappa shape index (κ1) is 11.8. The number of rotatable bonds is 3. The number of aliphatic carboxylic acids is 1. The summed E-state index contributed by atoms with van der Waals surface area (Å²) in [5, 5.41) is 19.1. The van der Waals surface area contributed by atoms with Gasteiger partial charge in [0.1, 0.15) is 6.04 Å². The number of amides is 1. The Kier molecular flexibility index (Phi) is 2.51. The fourth-order valence-corrected chi connectivity index (χ4v) is 4.56. The summed E-state index contributed by atoms with van der Waals surface area (Å²) in [5.41, 5.74) is 0. The second kappa shape index (κ2) is 3.84. The van der Waals surface area contributed by atoms with E-state index in [4.69, 9.17) is 0 Å². The van der Waals surface area contributed by atoms with E-state index in [1.54, 1.807) is 16.8 Å². The van der Waals surface area contributed by atoms with Crippen molar-refractivity contribution in [3.63, 3.8) is 0 Å². The average Bonchev–Trinajstić information content (AvgIpc) is 2.83. The molecule has 3 aliphatic heterocycles. The van der Waals surface area contributed by atoms with Gasteiger partial charge in [0.15, 0.2) is 0 Å². The molecule has 3 rings (SSSR count). The number of carbonyl (C=O) groups excluding carboxylic acids is 1. The molecule has 0 aliphatic carbocycles. The minimum Gasteiger partial charge on any atom is -0.480 e. The van der Waals surface area contributed by atoms with Gasteiger partial charge in [0, 0.05) is 0 Å². The van der Waals surface area contributed by atoms with E-state index in [9.17, 15) is 14.7 Å². The molecule has 0 saturated carbocycles. The van der Waals surface area contributed by atoms with Crippen LogP contribution in [0.15, 0.2) is 10.3 Å². The second-order valence-corrected chi connectivity index (χ2v) is 6.69. The molecule has 0 aromatic carbocycles. The molecule has 1 amide bonds. The molecule has 3 heterocycles. The molecule has 3 aliphatic rings. The number of hydrogen-bond donors (Lipinski definition) is 1. The Morgan fingerprint density at radius 2 is 2.44 bits per heavy atom. The average molecular weight is 270 g/mol. The van der Waals surface area contributed by atoms with Crippen molar-refractivity contribution in [1.29, 1.82) is 0 Å². The summed E-state index contributed by atoms with van der Waals surface area (Å²) in [6, 6.07) is -0.760. The number of fused-ring (bicyclic) bond motifs is 1. The van der Waals surface area contributed by atoms with Gasteiger partial charge < -0.3 is 10.0 Å². The third kappa shape index (κ3) is 1.58. The molecular formula is C10H14N4O3S. The number of β-lactam (4-membered cyclic amide) rings is 1. The van der Waals surface area contributed by atoms with Gasteiger partial charge >= 0.3 is 5.97 Å². The molecule has 3 unspecified atom stereocenters. The van der Waals surface area contributed by atoms with Crippen LogP contribution in [0.2, 0.25) is 0 Å². The van der Waals surface area contributed by atoms with Crippen molar-refractivity contribution in [2.24, 2.45) is 10.3 Å². The van der Waals surface area contributed by atoms with Crippen molar-refractivity contribution in [3.8, 4) is 0 Å². The van der Waals surface area contributed by atoms with E-state index in [-0.39, 0.29) is 11.3 Å². The molecule has 8 heteroatoms. The summed E-state index contributed by atoms with van der Waals surface area (Å²) in [5.74, 6) is -0.997. The summed E-state index contributed by atoms with van der Waals surface area (Å²) in [6.07, 6.45) is 0.450. The number of nitrogens with zero attached hydrogens (tertiary/aromatic N) is 4. The first-order valence-electron chi connectivity index (χ1n) is 5.85. The molecule has 0 radical (unpaired) electrons. The van der Waals surface area contributed by atoms with Crippen LogP contribution >= 0.6 is 11.8 Å². The fourth-order valence-electron chi connectivity index (χ4n) is 2.80. The zero-order valence-electron chi connectivity index (χ0n) is 9.94. The molecule has 0 spiro atoms. The molecule has 2 saturated heterocycles. The van der Waals surface area contributed by atoms with Crippen molar-refractivity contribution in [2.45, 2.75) is 29.5 Å². The highest BCUT2D eigenvalue weighted by Crippen LogP contribution is 2.51. The molecule has 0 bridgehead atoms. The lowest BCUT2D eigenvalue weighted by Crippen LogP contribution is -2.58. The van der Waals surface area contributed by atoms with Gasteiger partial charge in [-0.25, -0.2) is 4.79 Å². The van der Waals surface area contributed by atoms with Crippen molar-refractivity contribution in [2.75, 3.05) is 19.6 Å². The molecule has 1 N–H and O–H groups in total. The van der Waals surface area contributed by atoms with Gasteiger partial charge in [-0.1, -0.05) is 5.22 Å². The van der Waals surface area contributed by atoms with E-state index in [0.717, 1.165) is 6.54 Å². The van der Waals surface area contributed by atoms with Crippen molar-refractivity contribution in [3.05, 3.63) is 0 Å². The predicted molar refractivity (Wildman–Crippen MR) is 64.0 cm³/mol. The molecule has 3 atom stereocenters. The Balaban J connectivity index is 1.82. The SMILES string of the molecule is CC1(CN2CCN=N2)SC2CC(=O)N2C1C(=O)O. The van der Waals surface area contributed by atoms with Crippen molar-refractivity contribution >= 4 is 23.6 Å². The number of hydrogen-bond acceptors (Lipinski definition) is 6. The third-order valence-electron chi connectivity index (χ3n) is 3.59. The molecule has 18 heavy (non-hydrogen) atoms. The molecule has 7 nitrogen and oxygen atoms in total. The summed E-state index contributed by atoms with van der Waals surface area (Å²) < 4.78 is -0.522. The molecule has 98 valence electrons. The largest absolute Gasteiger partial charge is 0.480 e. The van der Waals surface area contributed by atoms with Gasteiger partial charge in [0.2, 0.25) is 5.91 Å². The number of carboxylic acids is 1. The maximum Gasteiger partial charge on any atom is 0.327 e. The van der Waals surface area contributed by atoms with Crippen LogP contribution < -0.4 is 0 Å². The summed E-state index contributed by atoms with van der Waals surface area (Å²) >= 11 is 1.57.